The minimum absolute atomic E-state index is 0.185. The van der Waals surface area contributed by atoms with Crippen LogP contribution in [0.1, 0.15) is 37.5 Å². The van der Waals surface area contributed by atoms with Crippen LogP contribution in [0, 0.1) is 6.92 Å². The monoisotopic (exact) mass is 238 g/mol. The number of hydrogen-bond acceptors (Lipinski definition) is 3. The lowest BCUT2D eigenvalue weighted by molar-refractivity contribution is -0.0364. The molecule has 0 aromatic heterocycles. The minimum Gasteiger partial charge on any atom is -0.496 e. The molecule has 0 aliphatic carbocycles. The number of rotatable bonds is 6. The largest absolute Gasteiger partial charge is 0.496 e. The third kappa shape index (κ3) is 3.45. The van der Waals surface area contributed by atoms with E-state index in [1.165, 1.54) is 0 Å². The lowest BCUT2D eigenvalue weighted by Gasteiger charge is -2.23. The second-order valence-corrected chi connectivity index (χ2v) is 4.09. The molecule has 3 heteroatoms. The summed E-state index contributed by atoms with van der Waals surface area (Å²) < 4.78 is 10.8. The second-order valence-electron chi connectivity index (χ2n) is 4.09. The molecule has 0 radical (unpaired) electrons. The summed E-state index contributed by atoms with van der Waals surface area (Å²) in [6, 6.07) is 5.80. The SMILES string of the molecule is CCOC(CC)C(O)c1cc(C)ccc1OC. The van der Waals surface area contributed by atoms with Crippen LogP contribution in [0.2, 0.25) is 0 Å². The Kier molecular flexibility index (Phi) is 5.45. The topological polar surface area (TPSA) is 38.7 Å². The van der Waals surface area contributed by atoms with E-state index in [0.29, 0.717) is 12.4 Å². The van der Waals surface area contributed by atoms with E-state index in [4.69, 9.17) is 9.47 Å². The fourth-order valence-corrected chi connectivity index (χ4v) is 1.93. The molecule has 0 fully saturated rings. The van der Waals surface area contributed by atoms with Gasteiger partial charge in [0.25, 0.3) is 0 Å². The summed E-state index contributed by atoms with van der Waals surface area (Å²) in [4.78, 5) is 0. The van der Waals surface area contributed by atoms with E-state index < -0.39 is 6.10 Å². The van der Waals surface area contributed by atoms with Gasteiger partial charge in [-0.25, -0.2) is 0 Å². The van der Waals surface area contributed by atoms with Crippen molar-refractivity contribution in [2.24, 2.45) is 0 Å². The molecule has 2 unspecified atom stereocenters. The van der Waals surface area contributed by atoms with E-state index in [0.717, 1.165) is 17.5 Å². The van der Waals surface area contributed by atoms with Crippen molar-refractivity contribution < 1.29 is 14.6 Å². The molecule has 0 saturated carbocycles. The van der Waals surface area contributed by atoms with E-state index in [-0.39, 0.29) is 6.10 Å². The summed E-state index contributed by atoms with van der Waals surface area (Å²) in [5, 5.41) is 10.3. The molecule has 96 valence electrons. The fourth-order valence-electron chi connectivity index (χ4n) is 1.93. The molecule has 0 aliphatic rings. The number of benzene rings is 1. The molecule has 0 saturated heterocycles. The second kappa shape index (κ2) is 6.62. The number of hydrogen-bond donors (Lipinski definition) is 1. The smallest absolute Gasteiger partial charge is 0.124 e. The van der Waals surface area contributed by atoms with Crippen molar-refractivity contribution in [3.63, 3.8) is 0 Å². The van der Waals surface area contributed by atoms with Crippen molar-refractivity contribution in [1.29, 1.82) is 0 Å². The quantitative estimate of drug-likeness (QED) is 0.828. The van der Waals surface area contributed by atoms with E-state index in [1.807, 2.05) is 39.0 Å². The van der Waals surface area contributed by atoms with Crippen molar-refractivity contribution >= 4 is 0 Å². The molecule has 1 aromatic rings. The summed E-state index contributed by atoms with van der Waals surface area (Å²) >= 11 is 0. The Morgan fingerprint density at radius 3 is 2.53 bits per heavy atom. The Balaban J connectivity index is 2.99. The van der Waals surface area contributed by atoms with Gasteiger partial charge in [0.2, 0.25) is 0 Å². The lowest BCUT2D eigenvalue weighted by Crippen LogP contribution is -2.22. The summed E-state index contributed by atoms with van der Waals surface area (Å²) in [5.74, 6) is 0.709. The predicted molar refractivity (Wildman–Crippen MR) is 68.4 cm³/mol. The van der Waals surface area contributed by atoms with Gasteiger partial charge in [0.15, 0.2) is 0 Å². The molecule has 3 nitrogen and oxygen atoms in total. The third-order valence-electron chi connectivity index (χ3n) is 2.84. The summed E-state index contributed by atoms with van der Waals surface area (Å²) in [6.45, 7) is 6.54. The number of ether oxygens (including phenoxy) is 2. The maximum Gasteiger partial charge on any atom is 0.124 e. The van der Waals surface area contributed by atoms with Crippen LogP contribution in [0.25, 0.3) is 0 Å². The van der Waals surface area contributed by atoms with Crippen LogP contribution in [0.15, 0.2) is 18.2 Å². The maximum atomic E-state index is 10.3. The summed E-state index contributed by atoms with van der Waals surface area (Å²) in [6.07, 6.45) is -0.0583. The molecule has 1 N–H and O–H groups in total. The van der Waals surface area contributed by atoms with Crippen LogP contribution >= 0.6 is 0 Å². The van der Waals surface area contributed by atoms with Crippen molar-refractivity contribution in [2.45, 2.75) is 39.4 Å². The maximum absolute atomic E-state index is 10.3. The molecule has 0 heterocycles. The van der Waals surface area contributed by atoms with Gasteiger partial charge >= 0.3 is 0 Å². The van der Waals surface area contributed by atoms with Crippen LogP contribution in [0.4, 0.5) is 0 Å². The predicted octanol–water partition coefficient (Wildman–Crippen LogP) is 2.85. The highest BCUT2D eigenvalue weighted by molar-refractivity contribution is 5.38. The average molecular weight is 238 g/mol. The lowest BCUT2D eigenvalue weighted by atomic mass is 9.99. The highest BCUT2D eigenvalue weighted by Crippen LogP contribution is 2.30. The Morgan fingerprint density at radius 1 is 1.29 bits per heavy atom. The van der Waals surface area contributed by atoms with Gasteiger partial charge in [-0.3, -0.25) is 0 Å². The van der Waals surface area contributed by atoms with Gasteiger partial charge in [0.1, 0.15) is 11.9 Å². The molecule has 1 rings (SSSR count). The third-order valence-corrected chi connectivity index (χ3v) is 2.84. The van der Waals surface area contributed by atoms with Gasteiger partial charge in [0, 0.05) is 12.2 Å². The Labute approximate surface area is 103 Å². The molecule has 1 aromatic carbocycles. The molecular weight excluding hydrogens is 216 g/mol. The zero-order valence-corrected chi connectivity index (χ0v) is 11.1. The number of aryl methyl sites for hydroxylation is 1. The summed E-state index contributed by atoms with van der Waals surface area (Å²) in [5.41, 5.74) is 1.90. The van der Waals surface area contributed by atoms with Gasteiger partial charge in [-0.05, 0) is 32.4 Å². The van der Waals surface area contributed by atoms with Gasteiger partial charge in [-0.1, -0.05) is 18.6 Å². The van der Waals surface area contributed by atoms with Crippen molar-refractivity contribution in [1.82, 2.24) is 0 Å². The van der Waals surface area contributed by atoms with E-state index in [1.54, 1.807) is 7.11 Å². The molecular formula is C14H22O3. The zero-order valence-electron chi connectivity index (χ0n) is 11.1. The standard InChI is InChI=1S/C14H22O3/c1-5-12(17-6-2)14(15)11-9-10(3)7-8-13(11)16-4/h7-9,12,14-15H,5-6H2,1-4H3. The van der Waals surface area contributed by atoms with Crippen molar-refractivity contribution in [3.8, 4) is 5.75 Å². The highest BCUT2D eigenvalue weighted by Gasteiger charge is 2.22. The fraction of sp³-hybridized carbons (Fsp3) is 0.571. The molecule has 2 atom stereocenters. The van der Waals surface area contributed by atoms with Gasteiger partial charge in [0.05, 0.1) is 13.2 Å². The van der Waals surface area contributed by atoms with Gasteiger partial charge in [-0.2, -0.15) is 0 Å². The zero-order chi connectivity index (χ0) is 12.8. The Morgan fingerprint density at radius 2 is 2.00 bits per heavy atom. The number of aliphatic hydroxyl groups is 1. The first kappa shape index (κ1) is 14.0. The van der Waals surface area contributed by atoms with Crippen LogP contribution in [-0.2, 0) is 4.74 Å². The van der Waals surface area contributed by atoms with Crippen molar-refractivity contribution in [2.75, 3.05) is 13.7 Å². The van der Waals surface area contributed by atoms with Crippen LogP contribution in [0.5, 0.6) is 5.75 Å². The normalized spacial score (nSPS) is 14.4. The molecule has 0 aliphatic heterocycles. The van der Waals surface area contributed by atoms with Crippen LogP contribution < -0.4 is 4.74 Å². The number of aliphatic hydroxyl groups excluding tert-OH is 1. The van der Waals surface area contributed by atoms with E-state index in [9.17, 15) is 5.11 Å². The van der Waals surface area contributed by atoms with Crippen LogP contribution in [-0.4, -0.2) is 24.9 Å². The van der Waals surface area contributed by atoms with Crippen molar-refractivity contribution in [3.05, 3.63) is 29.3 Å². The first-order valence-electron chi connectivity index (χ1n) is 6.08. The van der Waals surface area contributed by atoms with E-state index in [2.05, 4.69) is 0 Å². The minimum atomic E-state index is -0.644. The first-order chi connectivity index (χ1) is 8.13. The first-order valence-corrected chi connectivity index (χ1v) is 6.08. The molecule has 17 heavy (non-hydrogen) atoms. The summed E-state index contributed by atoms with van der Waals surface area (Å²) in [7, 11) is 1.61. The molecule has 0 amide bonds. The number of methoxy groups -OCH3 is 1. The van der Waals surface area contributed by atoms with Gasteiger partial charge in [-0.15, -0.1) is 0 Å². The van der Waals surface area contributed by atoms with E-state index >= 15 is 0 Å². The van der Waals surface area contributed by atoms with Crippen LogP contribution in [0.3, 0.4) is 0 Å². The molecule has 0 spiro atoms. The Hall–Kier alpha value is -1.06. The Bertz CT molecular complexity index is 349. The van der Waals surface area contributed by atoms with Gasteiger partial charge < -0.3 is 14.6 Å². The average Bonchev–Trinajstić information content (AvgIpc) is 2.35. The highest BCUT2D eigenvalue weighted by atomic mass is 16.5. The molecule has 0 bridgehead atoms.